The lowest BCUT2D eigenvalue weighted by atomic mass is 10.1. The fourth-order valence-corrected chi connectivity index (χ4v) is 2.20. The van der Waals surface area contributed by atoms with E-state index in [1.165, 1.54) is 4.68 Å². The van der Waals surface area contributed by atoms with E-state index < -0.39 is 0 Å². The van der Waals surface area contributed by atoms with Gasteiger partial charge in [0.15, 0.2) is 0 Å². The molecule has 0 aliphatic heterocycles. The largest absolute Gasteiger partial charge is 0.382 e. The fraction of sp³-hybridized carbons (Fsp3) is 0.692. The second-order valence-electron chi connectivity index (χ2n) is 5.70. The van der Waals surface area contributed by atoms with Crippen molar-refractivity contribution in [1.29, 1.82) is 0 Å². The van der Waals surface area contributed by atoms with E-state index in [2.05, 4.69) is 40.2 Å². The van der Waals surface area contributed by atoms with E-state index in [9.17, 15) is 4.79 Å². The summed E-state index contributed by atoms with van der Waals surface area (Å²) in [7, 11) is 1.65. The van der Waals surface area contributed by atoms with E-state index in [0.717, 1.165) is 0 Å². The molecule has 1 rings (SSSR count). The van der Waals surface area contributed by atoms with Crippen LogP contribution in [-0.4, -0.2) is 29.0 Å². The molecule has 5 nitrogen and oxygen atoms in total. The summed E-state index contributed by atoms with van der Waals surface area (Å²) in [5.74, 6) is 0.376. The fourth-order valence-electron chi connectivity index (χ4n) is 1.79. The van der Waals surface area contributed by atoms with Crippen molar-refractivity contribution in [1.82, 2.24) is 9.78 Å². The molecule has 1 aromatic rings. The number of ether oxygens (including phenoxy) is 1. The van der Waals surface area contributed by atoms with Gasteiger partial charge in [-0.1, -0.05) is 13.8 Å². The molecule has 0 atom stereocenters. The monoisotopic (exact) mass is 331 g/mol. The van der Waals surface area contributed by atoms with Gasteiger partial charge in [0, 0.05) is 13.7 Å². The molecule has 108 valence electrons. The third kappa shape index (κ3) is 4.62. The Morgan fingerprint density at radius 3 is 2.68 bits per heavy atom. The number of halogens is 1. The van der Waals surface area contributed by atoms with Crippen molar-refractivity contribution in [2.24, 2.45) is 5.92 Å². The van der Waals surface area contributed by atoms with Crippen molar-refractivity contribution in [3.63, 3.8) is 0 Å². The molecule has 0 saturated heterocycles. The number of rotatable bonds is 6. The molecule has 0 fully saturated rings. The second-order valence-corrected chi connectivity index (χ2v) is 6.49. The molecule has 0 unspecified atom stereocenters. The molecule has 1 aromatic heterocycles. The molecule has 6 heteroatoms. The molecule has 0 radical (unpaired) electrons. The van der Waals surface area contributed by atoms with Crippen LogP contribution in [0.5, 0.6) is 0 Å². The molecule has 1 heterocycles. The average Bonchev–Trinajstić information content (AvgIpc) is 2.28. The van der Waals surface area contributed by atoms with Crippen LogP contribution in [0.2, 0.25) is 0 Å². The van der Waals surface area contributed by atoms with E-state index in [1.807, 2.05) is 13.8 Å². The number of nitrogens with zero attached hydrogens (tertiary/aromatic N) is 2. The van der Waals surface area contributed by atoms with Crippen LogP contribution in [0.1, 0.15) is 27.7 Å². The van der Waals surface area contributed by atoms with Gasteiger partial charge < -0.3 is 10.1 Å². The van der Waals surface area contributed by atoms with Crippen LogP contribution in [0.3, 0.4) is 0 Å². The van der Waals surface area contributed by atoms with Crippen molar-refractivity contribution in [3.8, 4) is 0 Å². The molecule has 0 bridgehead atoms. The summed E-state index contributed by atoms with van der Waals surface area (Å²) in [5, 5.41) is 7.46. The molecule has 0 aromatic carbocycles. The molecule has 0 aliphatic carbocycles. The van der Waals surface area contributed by atoms with Crippen LogP contribution in [0, 0.1) is 5.92 Å². The summed E-state index contributed by atoms with van der Waals surface area (Å²) in [4.78, 5) is 12.2. The lowest BCUT2D eigenvalue weighted by Gasteiger charge is -2.27. The lowest BCUT2D eigenvalue weighted by Crippen LogP contribution is -2.37. The number of hydrogen-bond donors (Lipinski definition) is 1. The maximum Gasteiger partial charge on any atom is 0.283 e. The zero-order chi connectivity index (χ0) is 14.6. The van der Waals surface area contributed by atoms with Gasteiger partial charge in [0.25, 0.3) is 5.56 Å². The second kappa shape index (κ2) is 6.52. The molecular weight excluding hydrogens is 310 g/mol. The van der Waals surface area contributed by atoms with Crippen molar-refractivity contribution >= 4 is 21.6 Å². The highest BCUT2D eigenvalue weighted by molar-refractivity contribution is 9.10. The SMILES string of the molecule is COCC(C)(C)Nc1cnn(CC(C)C)c(=O)c1Br. The lowest BCUT2D eigenvalue weighted by molar-refractivity contribution is 0.158. The van der Waals surface area contributed by atoms with Crippen molar-refractivity contribution in [2.45, 2.75) is 39.8 Å². The van der Waals surface area contributed by atoms with E-state index in [1.54, 1.807) is 13.3 Å². The number of anilines is 1. The Kier molecular flexibility index (Phi) is 5.55. The van der Waals surface area contributed by atoms with Gasteiger partial charge >= 0.3 is 0 Å². The summed E-state index contributed by atoms with van der Waals surface area (Å²) >= 11 is 3.35. The number of methoxy groups -OCH3 is 1. The quantitative estimate of drug-likeness (QED) is 0.870. The Morgan fingerprint density at radius 1 is 1.53 bits per heavy atom. The zero-order valence-corrected chi connectivity index (χ0v) is 13.7. The minimum Gasteiger partial charge on any atom is -0.382 e. The van der Waals surface area contributed by atoms with E-state index in [0.29, 0.717) is 29.2 Å². The van der Waals surface area contributed by atoms with Gasteiger partial charge in [-0.25, -0.2) is 4.68 Å². The van der Waals surface area contributed by atoms with Gasteiger partial charge in [-0.05, 0) is 35.7 Å². The highest BCUT2D eigenvalue weighted by Crippen LogP contribution is 2.21. The standard InChI is InChI=1S/C13H22BrN3O2/c1-9(2)7-17-12(18)11(14)10(6-15-17)16-13(3,4)8-19-5/h6,9,16H,7-8H2,1-5H3. The highest BCUT2D eigenvalue weighted by atomic mass is 79.9. The van der Waals surface area contributed by atoms with Gasteiger partial charge in [-0.2, -0.15) is 5.10 Å². The molecule has 0 saturated carbocycles. The van der Waals surface area contributed by atoms with Gasteiger partial charge in [0.1, 0.15) is 4.47 Å². The third-order valence-corrected chi connectivity index (χ3v) is 3.27. The Bertz CT molecular complexity index is 483. The molecule has 0 aliphatic rings. The van der Waals surface area contributed by atoms with Crippen molar-refractivity contribution in [2.75, 3.05) is 19.0 Å². The van der Waals surface area contributed by atoms with Crippen LogP contribution in [-0.2, 0) is 11.3 Å². The first-order valence-corrected chi connectivity index (χ1v) is 7.09. The predicted octanol–water partition coefficient (Wildman–Crippen LogP) is 2.50. The predicted molar refractivity (Wildman–Crippen MR) is 80.6 cm³/mol. The van der Waals surface area contributed by atoms with Crippen LogP contribution >= 0.6 is 15.9 Å². The van der Waals surface area contributed by atoms with Crippen LogP contribution in [0.15, 0.2) is 15.5 Å². The zero-order valence-electron chi connectivity index (χ0n) is 12.2. The summed E-state index contributed by atoms with van der Waals surface area (Å²) in [6, 6.07) is 0. The summed E-state index contributed by atoms with van der Waals surface area (Å²) < 4.78 is 7.13. The third-order valence-electron chi connectivity index (χ3n) is 2.50. The van der Waals surface area contributed by atoms with Crippen molar-refractivity contribution < 1.29 is 4.74 Å². The maximum absolute atomic E-state index is 12.2. The first-order valence-electron chi connectivity index (χ1n) is 6.29. The van der Waals surface area contributed by atoms with Gasteiger partial charge in [0.2, 0.25) is 0 Å². The number of hydrogen-bond acceptors (Lipinski definition) is 4. The average molecular weight is 332 g/mol. The van der Waals surface area contributed by atoms with E-state index in [4.69, 9.17) is 4.74 Å². The molecule has 0 amide bonds. The maximum atomic E-state index is 12.2. The summed E-state index contributed by atoms with van der Waals surface area (Å²) in [5.41, 5.74) is 0.300. The Balaban J connectivity index is 3.00. The minimum absolute atomic E-state index is 0.119. The normalized spacial score (nSPS) is 11.9. The molecule has 19 heavy (non-hydrogen) atoms. The first-order chi connectivity index (χ1) is 8.76. The summed E-state index contributed by atoms with van der Waals surface area (Å²) in [6.45, 7) is 9.25. The van der Waals surface area contributed by atoms with Gasteiger partial charge in [-0.3, -0.25) is 4.79 Å². The molecule has 1 N–H and O–H groups in total. The van der Waals surface area contributed by atoms with Crippen LogP contribution in [0.25, 0.3) is 0 Å². The Hall–Kier alpha value is -0.880. The smallest absolute Gasteiger partial charge is 0.283 e. The van der Waals surface area contributed by atoms with Crippen molar-refractivity contribution in [3.05, 3.63) is 21.0 Å². The van der Waals surface area contributed by atoms with Gasteiger partial charge in [-0.15, -0.1) is 0 Å². The van der Waals surface area contributed by atoms with E-state index >= 15 is 0 Å². The number of aromatic nitrogens is 2. The number of nitrogens with one attached hydrogen (secondary N) is 1. The van der Waals surface area contributed by atoms with Gasteiger partial charge in [0.05, 0.1) is 24.0 Å². The topological polar surface area (TPSA) is 56.1 Å². The van der Waals surface area contributed by atoms with Crippen LogP contribution in [0.4, 0.5) is 5.69 Å². The Morgan fingerprint density at radius 2 is 2.16 bits per heavy atom. The summed E-state index contributed by atoms with van der Waals surface area (Å²) in [6.07, 6.45) is 1.67. The molecular formula is C13H22BrN3O2. The van der Waals surface area contributed by atoms with Crippen LogP contribution < -0.4 is 10.9 Å². The first kappa shape index (κ1) is 16.2. The minimum atomic E-state index is -0.268. The highest BCUT2D eigenvalue weighted by Gasteiger charge is 2.20. The Labute approximate surface area is 122 Å². The van der Waals surface area contributed by atoms with E-state index in [-0.39, 0.29) is 11.1 Å². The molecule has 0 spiro atoms.